The van der Waals surface area contributed by atoms with Gasteiger partial charge in [-0.05, 0) is 12.1 Å². The molecule has 0 atom stereocenters. The van der Waals surface area contributed by atoms with Gasteiger partial charge >= 0.3 is 0 Å². The van der Waals surface area contributed by atoms with Gasteiger partial charge in [0.2, 0.25) is 5.91 Å². The van der Waals surface area contributed by atoms with Crippen molar-refractivity contribution >= 4 is 46.5 Å². The van der Waals surface area contributed by atoms with Crippen LogP contribution in [0.4, 0.5) is 5.82 Å². The standard InChI is InChI=1S/C14H12Cl3N3O/c1-7(2)14(21)20-13-12(18-3-4-19-13)9-5-8(15)6-10(16)11(9)17/h3-7H,1-2H3,(H,19,20,21). The fraction of sp³-hybridized carbons (Fsp3) is 0.214. The van der Waals surface area contributed by atoms with Gasteiger partial charge in [-0.2, -0.15) is 0 Å². The van der Waals surface area contributed by atoms with Gasteiger partial charge in [-0.25, -0.2) is 4.98 Å². The van der Waals surface area contributed by atoms with Crippen LogP contribution in [0.15, 0.2) is 24.5 Å². The Labute approximate surface area is 137 Å². The predicted octanol–water partition coefficient (Wildman–Crippen LogP) is 4.70. The first-order chi connectivity index (χ1) is 9.90. The largest absolute Gasteiger partial charge is 0.309 e. The van der Waals surface area contributed by atoms with E-state index in [1.807, 2.05) is 0 Å². The summed E-state index contributed by atoms with van der Waals surface area (Å²) in [4.78, 5) is 20.2. The van der Waals surface area contributed by atoms with Gasteiger partial charge in [0.15, 0.2) is 5.82 Å². The van der Waals surface area contributed by atoms with Crippen molar-refractivity contribution in [2.24, 2.45) is 5.92 Å². The van der Waals surface area contributed by atoms with Gasteiger partial charge in [-0.15, -0.1) is 0 Å². The highest BCUT2D eigenvalue weighted by atomic mass is 35.5. The second-order valence-corrected chi connectivity index (χ2v) is 5.87. The quantitative estimate of drug-likeness (QED) is 0.821. The lowest BCUT2D eigenvalue weighted by Gasteiger charge is -2.12. The van der Waals surface area contributed by atoms with E-state index in [9.17, 15) is 4.79 Å². The van der Waals surface area contributed by atoms with Crippen molar-refractivity contribution in [3.05, 3.63) is 39.6 Å². The normalized spacial score (nSPS) is 10.8. The Morgan fingerprint density at radius 2 is 1.81 bits per heavy atom. The lowest BCUT2D eigenvalue weighted by molar-refractivity contribution is -0.118. The Hall–Kier alpha value is -1.36. The summed E-state index contributed by atoms with van der Waals surface area (Å²) in [6.07, 6.45) is 2.99. The predicted molar refractivity (Wildman–Crippen MR) is 86.0 cm³/mol. The number of hydrogen-bond acceptors (Lipinski definition) is 3. The molecule has 0 saturated carbocycles. The van der Waals surface area contributed by atoms with Crippen LogP contribution in [0.1, 0.15) is 13.8 Å². The van der Waals surface area contributed by atoms with Crippen LogP contribution < -0.4 is 5.32 Å². The molecule has 0 aliphatic heterocycles. The third-order valence-electron chi connectivity index (χ3n) is 2.71. The fourth-order valence-electron chi connectivity index (χ4n) is 1.62. The van der Waals surface area contributed by atoms with Crippen LogP contribution in [-0.4, -0.2) is 15.9 Å². The molecule has 1 N–H and O–H groups in total. The first kappa shape index (κ1) is 16.0. The number of benzene rings is 1. The zero-order chi connectivity index (χ0) is 15.6. The Morgan fingerprint density at radius 3 is 2.48 bits per heavy atom. The van der Waals surface area contributed by atoms with Crippen LogP contribution >= 0.6 is 34.8 Å². The van der Waals surface area contributed by atoms with E-state index < -0.39 is 0 Å². The number of carbonyl (C=O) groups is 1. The summed E-state index contributed by atoms with van der Waals surface area (Å²) >= 11 is 18.2. The van der Waals surface area contributed by atoms with Crippen LogP contribution in [0.2, 0.25) is 15.1 Å². The molecule has 1 aromatic carbocycles. The molecule has 0 bridgehead atoms. The number of nitrogens with zero attached hydrogens (tertiary/aromatic N) is 2. The molecule has 110 valence electrons. The van der Waals surface area contributed by atoms with Crippen LogP contribution in [0.5, 0.6) is 0 Å². The van der Waals surface area contributed by atoms with Gasteiger partial charge in [0.1, 0.15) is 5.69 Å². The molecule has 21 heavy (non-hydrogen) atoms. The van der Waals surface area contributed by atoms with Crippen molar-refractivity contribution in [3.63, 3.8) is 0 Å². The highest BCUT2D eigenvalue weighted by Gasteiger charge is 2.17. The minimum absolute atomic E-state index is 0.166. The third-order valence-corrected chi connectivity index (χ3v) is 3.73. The summed E-state index contributed by atoms with van der Waals surface area (Å²) in [6, 6.07) is 3.17. The molecule has 2 aromatic rings. The number of carbonyl (C=O) groups excluding carboxylic acids is 1. The van der Waals surface area contributed by atoms with E-state index >= 15 is 0 Å². The summed E-state index contributed by atoms with van der Waals surface area (Å²) in [7, 11) is 0. The molecular formula is C14H12Cl3N3O. The smallest absolute Gasteiger partial charge is 0.228 e. The SMILES string of the molecule is CC(C)C(=O)Nc1nccnc1-c1cc(Cl)cc(Cl)c1Cl. The van der Waals surface area contributed by atoms with E-state index in [-0.39, 0.29) is 11.8 Å². The first-order valence-electron chi connectivity index (χ1n) is 6.17. The molecule has 0 aliphatic carbocycles. The molecule has 0 aliphatic rings. The summed E-state index contributed by atoms with van der Waals surface area (Å²) < 4.78 is 0. The number of rotatable bonds is 3. The number of halogens is 3. The van der Waals surface area contributed by atoms with Gasteiger partial charge < -0.3 is 5.32 Å². The minimum Gasteiger partial charge on any atom is -0.309 e. The topological polar surface area (TPSA) is 54.9 Å². The van der Waals surface area contributed by atoms with E-state index in [1.165, 1.54) is 18.5 Å². The molecule has 1 aromatic heterocycles. The minimum atomic E-state index is -0.182. The Morgan fingerprint density at radius 1 is 1.14 bits per heavy atom. The lowest BCUT2D eigenvalue weighted by Crippen LogP contribution is -2.19. The molecule has 0 fully saturated rings. The maximum absolute atomic E-state index is 11.9. The van der Waals surface area contributed by atoms with E-state index in [4.69, 9.17) is 34.8 Å². The molecule has 4 nitrogen and oxygen atoms in total. The lowest BCUT2D eigenvalue weighted by atomic mass is 10.1. The number of hydrogen-bond donors (Lipinski definition) is 1. The second kappa shape index (κ2) is 6.60. The maximum atomic E-state index is 11.9. The number of amides is 1. The molecule has 0 saturated heterocycles. The van der Waals surface area contributed by atoms with Crippen molar-refractivity contribution in [2.75, 3.05) is 5.32 Å². The Kier molecular flexibility index (Phi) is 5.04. The highest BCUT2D eigenvalue weighted by molar-refractivity contribution is 6.45. The monoisotopic (exact) mass is 343 g/mol. The molecule has 0 radical (unpaired) electrons. The van der Waals surface area contributed by atoms with Crippen molar-refractivity contribution in [2.45, 2.75) is 13.8 Å². The average Bonchev–Trinajstić information content (AvgIpc) is 2.43. The van der Waals surface area contributed by atoms with Crippen molar-refractivity contribution in [3.8, 4) is 11.3 Å². The molecule has 1 amide bonds. The average molecular weight is 345 g/mol. The van der Waals surface area contributed by atoms with Crippen LogP contribution in [0.3, 0.4) is 0 Å². The zero-order valence-electron chi connectivity index (χ0n) is 11.3. The highest BCUT2D eigenvalue weighted by Crippen LogP contribution is 2.37. The Bertz CT molecular complexity index is 689. The third kappa shape index (κ3) is 3.64. The van der Waals surface area contributed by atoms with E-state index in [1.54, 1.807) is 19.9 Å². The van der Waals surface area contributed by atoms with Gasteiger partial charge in [0.05, 0.1) is 10.0 Å². The van der Waals surface area contributed by atoms with Gasteiger partial charge in [0.25, 0.3) is 0 Å². The van der Waals surface area contributed by atoms with Crippen LogP contribution in [0, 0.1) is 5.92 Å². The summed E-state index contributed by atoms with van der Waals surface area (Å²) in [6.45, 7) is 3.57. The van der Waals surface area contributed by atoms with Crippen molar-refractivity contribution in [1.29, 1.82) is 0 Å². The summed E-state index contributed by atoms with van der Waals surface area (Å²) in [5.41, 5.74) is 0.933. The fourth-order valence-corrected chi connectivity index (χ4v) is 2.31. The first-order valence-corrected chi connectivity index (χ1v) is 7.30. The zero-order valence-corrected chi connectivity index (χ0v) is 13.6. The number of nitrogens with one attached hydrogen (secondary N) is 1. The van der Waals surface area contributed by atoms with Crippen molar-refractivity contribution < 1.29 is 4.79 Å². The van der Waals surface area contributed by atoms with E-state index in [2.05, 4.69) is 15.3 Å². The summed E-state index contributed by atoms with van der Waals surface area (Å²) in [5, 5.41) is 3.76. The molecule has 7 heteroatoms. The van der Waals surface area contributed by atoms with Crippen LogP contribution in [-0.2, 0) is 4.79 Å². The van der Waals surface area contributed by atoms with Gasteiger partial charge in [-0.1, -0.05) is 48.7 Å². The van der Waals surface area contributed by atoms with Crippen LogP contribution in [0.25, 0.3) is 11.3 Å². The van der Waals surface area contributed by atoms with E-state index in [0.717, 1.165) is 0 Å². The second-order valence-electron chi connectivity index (χ2n) is 4.65. The molecule has 0 unspecified atom stereocenters. The number of aromatic nitrogens is 2. The van der Waals surface area contributed by atoms with Crippen molar-refractivity contribution in [1.82, 2.24) is 9.97 Å². The molecule has 2 rings (SSSR count). The summed E-state index contributed by atoms with van der Waals surface area (Å²) in [5.74, 6) is -0.0318. The van der Waals surface area contributed by atoms with Gasteiger partial charge in [-0.3, -0.25) is 9.78 Å². The van der Waals surface area contributed by atoms with E-state index in [0.29, 0.717) is 32.1 Å². The molecule has 1 heterocycles. The number of anilines is 1. The molecule has 0 spiro atoms. The maximum Gasteiger partial charge on any atom is 0.228 e. The Balaban J connectivity index is 2.53. The van der Waals surface area contributed by atoms with Gasteiger partial charge in [0, 0.05) is 28.9 Å². The molecular weight excluding hydrogens is 333 g/mol.